The Morgan fingerprint density at radius 3 is 2.75 bits per heavy atom. The Balaban J connectivity index is 1.24. The first-order chi connectivity index (χ1) is 17.5. The van der Waals surface area contributed by atoms with Crippen molar-refractivity contribution in [2.75, 3.05) is 19.9 Å². The van der Waals surface area contributed by atoms with E-state index < -0.39 is 11.2 Å². The lowest BCUT2D eigenvalue weighted by atomic mass is 10.2. The molecule has 1 saturated heterocycles. The zero-order chi connectivity index (χ0) is 25.1. The summed E-state index contributed by atoms with van der Waals surface area (Å²) < 4.78 is 18.8. The first-order valence-electron chi connectivity index (χ1n) is 11.7. The summed E-state index contributed by atoms with van der Waals surface area (Å²) in [5, 5.41) is 7.29. The maximum Gasteiger partial charge on any atom is 0.332 e. The van der Waals surface area contributed by atoms with Gasteiger partial charge in [-0.3, -0.25) is 23.5 Å². The van der Waals surface area contributed by atoms with E-state index in [0.717, 1.165) is 23.0 Å². The molecule has 2 aliphatic rings. The summed E-state index contributed by atoms with van der Waals surface area (Å²) in [6, 6.07) is 7.05. The van der Waals surface area contributed by atoms with E-state index in [-0.39, 0.29) is 50.8 Å². The van der Waals surface area contributed by atoms with Gasteiger partial charge in [-0.25, -0.2) is 4.79 Å². The number of carbonyl (C=O) groups excluding carboxylic acids is 2. The van der Waals surface area contributed by atoms with E-state index >= 15 is 0 Å². The fourth-order valence-electron chi connectivity index (χ4n) is 4.27. The summed E-state index contributed by atoms with van der Waals surface area (Å²) >= 11 is 1.20. The van der Waals surface area contributed by atoms with Crippen molar-refractivity contribution in [3.8, 4) is 11.5 Å². The van der Waals surface area contributed by atoms with E-state index in [2.05, 4.69) is 10.6 Å². The Morgan fingerprint density at radius 1 is 1.06 bits per heavy atom. The first-order valence-corrected chi connectivity index (χ1v) is 12.6. The van der Waals surface area contributed by atoms with Crippen molar-refractivity contribution in [3.63, 3.8) is 0 Å². The van der Waals surface area contributed by atoms with Crippen LogP contribution in [0.3, 0.4) is 0 Å². The molecule has 190 valence electrons. The van der Waals surface area contributed by atoms with E-state index in [4.69, 9.17) is 14.2 Å². The third-order valence-electron chi connectivity index (χ3n) is 6.18. The second-order valence-electron chi connectivity index (χ2n) is 8.61. The van der Waals surface area contributed by atoms with Crippen LogP contribution < -0.4 is 31.4 Å². The summed E-state index contributed by atoms with van der Waals surface area (Å²) in [6.07, 6.45) is 1.76. The molecular formula is C24H26N4O7S. The molecule has 0 aliphatic carbocycles. The number of nitrogens with zero attached hydrogens (tertiary/aromatic N) is 2. The first kappa shape index (κ1) is 24.1. The average Bonchev–Trinajstić information content (AvgIpc) is 3.65. The number of amides is 2. The third kappa shape index (κ3) is 5.14. The minimum absolute atomic E-state index is 0.0167. The van der Waals surface area contributed by atoms with Crippen molar-refractivity contribution in [3.05, 3.63) is 56.0 Å². The summed E-state index contributed by atoms with van der Waals surface area (Å²) in [6.45, 7) is 1.17. The highest BCUT2D eigenvalue weighted by Gasteiger charge is 2.20. The lowest BCUT2D eigenvalue weighted by Crippen LogP contribution is -2.43. The molecule has 1 aromatic carbocycles. The molecule has 2 aliphatic heterocycles. The van der Waals surface area contributed by atoms with E-state index in [9.17, 15) is 19.2 Å². The Labute approximate surface area is 209 Å². The van der Waals surface area contributed by atoms with Gasteiger partial charge >= 0.3 is 5.69 Å². The number of ether oxygens (including phenoxy) is 3. The van der Waals surface area contributed by atoms with Gasteiger partial charge in [0.05, 0.1) is 11.6 Å². The highest BCUT2D eigenvalue weighted by Crippen LogP contribution is 2.32. The number of nitrogens with one attached hydrogen (secondary N) is 2. The van der Waals surface area contributed by atoms with Crippen molar-refractivity contribution < 1.29 is 23.8 Å². The Kier molecular flexibility index (Phi) is 7.05. The van der Waals surface area contributed by atoms with Crippen molar-refractivity contribution in [1.29, 1.82) is 0 Å². The molecule has 12 heteroatoms. The number of carbonyl (C=O) groups is 2. The zero-order valence-corrected chi connectivity index (χ0v) is 20.3. The molecule has 0 spiro atoms. The number of fused-ring (bicyclic) bond motifs is 2. The van der Waals surface area contributed by atoms with Crippen LogP contribution in [0.4, 0.5) is 0 Å². The van der Waals surface area contributed by atoms with Crippen LogP contribution in [0.5, 0.6) is 11.5 Å². The zero-order valence-electron chi connectivity index (χ0n) is 19.5. The maximum atomic E-state index is 13.2. The Hall–Kier alpha value is -3.64. The minimum Gasteiger partial charge on any atom is -0.454 e. The monoisotopic (exact) mass is 514 g/mol. The topological polar surface area (TPSA) is 130 Å². The van der Waals surface area contributed by atoms with Gasteiger partial charge in [0.15, 0.2) is 11.5 Å². The van der Waals surface area contributed by atoms with Crippen LogP contribution in [0.1, 0.15) is 24.8 Å². The molecule has 5 rings (SSSR count). The van der Waals surface area contributed by atoms with Gasteiger partial charge in [0.1, 0.15) is 11.2 Å². The number of benzene rings is 1. The summed E-state index contributed by atoms with van der Waals surface area (Å²) in [5.41, 5.74) is 0.151. The second kappa shape index (κ2) is 10.5. The van der Waals surface area contributed by atoms with Crippen LogP contribution in [-0.4, -0.2) is 47.0 Å². The molecule has 2 amide bonds. The molecule has 0 saturated carbocycles. The normalized spacial score (nSPS) is 16.4. The molecule has 1 fully saturated rings. The molecule has 11 nitrogen and oxygen atoms in total. The summed E-state index contributed by atoms with van der Waals surface area (Å²) in [5.74, 6) is 0.626. The lowest BCUT2D eigenvalue weighted by molar-refractivity contribution is -0.122. The van der Waals surface area contributed by atoms with Crippen LogP contribution >= 0.6 is 11.3 Å². The van der Waals surface area contributed by atoms with E-state index in [1.54, 1.807) is 23.6 Å². The highest BCUT2D eigenvalue weighted by molar-refractivity contribution is 7.17. The van der Waals surface area contributed by atoms with Gasteiger partial charge in [-0.1, -0.05) is 6.07 Å². The molecule has 2 aromatic heterocycles. The largest absolute Gasteiger partial charge is 0.454 e. The van der Waals surface area contributed by atoms with Gasteiger partial charge in [0, 0.05) is 32.7 Å². The van der Waals surface area contributed by atoms with E-state index in [0.29, 0.717) is 34.9 Å². The van der Waals surface area contributed by atoms with Gasteiger partial charge in [-0.2, -0.15) is 0 Å². The van der Waals surface area contributed by atoms with Crippen LogP contribution in [0.15, 0.2) is 39.2 Å². The molecule has 2 N–H and O–H groups in total. The maximum absolute atomic E-state index is 13.2. The number of aromatic nitrogens is 2. The lowest BCUT2D eigenvalue weighted by Gasteiger charge is -2.14. The predicted molar refractivity (Wildman–Crippen MR) is 131 cm³/mol. The second-order valence-corrected chi connectivity index (χ2v) is 9.53. The van der Waals surface area contributed by atoms with Crippen LogP contribution in [0.25, 0.3) is 10.2 Å². The van der Waals surface area contributed by atoms with Crippen LogP contribution in [0.2, 0.25) is 0 Å². The molecule has 1 atom stereocenters. The summed E-state index contributed by atoms with van der Waals surface area (Å²) in [4.78, 5) is 51.1. The molecule has 0 radical (unpaired) electrons. The fraction of sp³-hybridized carbons (Fsp3) is 0.417. The van der Waals surface area contributed by atoms with Crippen LogP contribution in [0, 0.1) is 0 Å². The van der Waals surface area contributed by atoms with Crippen molar-refractivity contribution in [1.82, 2.24) is 19.8 Å². The van der Waals surface area contributed by atoms with Gasteiger partial charge in [-0.05, 0) is 42.0 Å². The predicted octanol–water partition coefficient (Wildman–Crippen LogP) is 0.955. The molecule has 3 aromatic rings. The highest BCUT2D eigenvalue weighted by atomic mass is 32.1. The Bertz CT molecular complexity index is 1400. The van der Waals surface area contributed by atoms with Gasteiger partial charge < -0.3 is 24.8 Å². The third-order valence-corrected chi connectivity index (χ3v) is 7.07. The molecular weight excluding hydrogens is 488 g/mol. The minimum atomic E-state index is -0.623. The number of thiophene rings is 1. The van der Waals surface area contributed by atoms with Crippen LogP contribution in [-0.2, 0) is 34.0 Å². The van der Waals surface area contributed by atoms with Gasteiger partial charge in [0.25, 0.3) is 5.56 Å². The standard InChI is InChI=1S/C24H26N4O7S/c29-20(25-11-15-3-4-18-19(10-15)35-14-34-18)5-7-27-23(31)22-17(6-9-36-22)28(24(27)32)13-21(30)26-12-16-2-1-8-33-16/h3-4,6,9-10,16H,1-2,5,7-8,11-14H2,(H,25,29)(H,26,30). The van der Waals surface area contributed by atoms with Crippen molar-refractivity contribution in [2.24, 2.45) is 0 Å². The number of hydrogen-bond donors (Lipinski definition) is 2. The molecule has 1 unspecified atom stereocenters. The van der Waals surface area contributed by atoms with E-state index in [1.807, 2.05) is 6.07 Å². The van der Waals surface area contributed by atoms with Gasteiger partial charge in [0.2, 0.25) is 18.6 Å². The number of rotatable bonds is 9. The summed E-state index contributed by atoms with van der Waals surface area (Å²) in [7, 11) is 0. The SMILES string of the molecule is O=C(CCn1c(=O)c2sccc2n(CC(=O)NCC2CCCO2)c1=O)NCc1ccc2c(c1)OCO2. The smallest absolute Gasteiger partial charge is 0.332 e. The van der Waals surface area contributed by atoms with Gasteiger partial charge in [-0.15, -0.1) is 11.3 Å². The Morgan fingerprint density at radius 2 is 1.92 bits per heavy atom. The molecule has 0 bridgehead atoms. The quantitative estimate of drug-likeness (QED) is 0.435. The average molecular weight is 515 g/mol. The fourth-order valence-corrected chi connectivity index (χ4v) is 5.11. The molecule has 36 heavy (non-hydrogen) atoms. The van der Waals surface area contributed by atoms with E-state index in [1.165, 1.54) is 15.9 Å². The number of hydrogen-bond acceptors (Lipinski definition) is 8. The van der Waals surface area contributed by atoms with Crippen molar-refractivity contribution in [2.45, 2.75) is 45.0 Å². The van der Waals surface area contributed by atoms with Crippen molar-refractivity contribution >= 4 is 33.4 Å². The molecule has 4 heterocycles.